The molecule has 0 aliphatic carbocycles. The quantitative estimate of drug-likeness (QED) is 0.303. The van der Waals surface area contributed by atoms with Crippen LogP contribution in [-0.4, -0.2) is 43.4 Å². The second kappa shape index (κ2) is 7.05. The summed E-state index contributed by atoms with van der Waals surface area (Å²) in [5.41, 5.74) is 8.09. The summed E-state index contributed by atoms with van der Waals surface area (Å²) >= 11 is 0. The lowest BCUT2D eigenvalue weighted by Gasteiger charge is -2.28. The molecular weight excluding hydrogens is 212 g/mol. The second-order valence-electron chi connectivity index (χ2n) is 3.67. The van der Waals surface area contributed by atoms with Gasteiger partial charge in [-0.2, -0.15) is 0 Å². The first-order chi connectivity index (χ1) is 7.75. The standard InChI is InChI=1S/C9H16N4O3/c10-13-12-4-3-11-8(9(14)15)7-1-5-16-6-2-7/h7-8,11H,1-6H2,(H,14,15). The summed E-state index contributed by atoms with van der Waals surface area (Å²) in [5, 5.41) is 15.3. The van der Waals surface area contributed by atoms with Crippen molar-refractivity contribution in [1.29, 1.82) is 0 Å². The zero-order valence-electron chi connectivity index (χ0n) is 9.00. The van der Waals surface area contributed by atoms with Gasteiger partial charge in [-0.05, 0) is 24.3 Å². The molecule has 0 radical (unpaired) electrons. The van der Waals surface area contributed by atoms with Crippen molar-refractivity contribution in [2.45, 2.75) is 18.9 Å². The van der Waals surface area contributed by atoms with Gasteiger partial charge in [-0.1, -0.05) is 5.11 Å². The zero-order valence-corrected chi connectivity index (χ0v) is 9.00. The van der Waals surface area contributed by atoms with Gasteiger partial charge in [0.1, 0.15) is 6.04 Å². The fourth-order valence-corrected chi connectivity index (χ4v) is 1.82. The highest BCUT2D eigenvalue weighted by Gasteiger charge is 2.28. The van der Waals surface area contributed by atoms with Crippen LogP contribution in [0, 0.1) is 5.92 Å². The minimum absolute atomic E-state index is 0.0947. The summed E-state index contributed by atoms with van der Waals surface area (Å²) in [6.07, 6.45) is 1.51. The van der Waals surface area contributed by atoms with Crippen LogP contribution in [-0.2, 0) is 9.53 Å². The van der Waals surface area contributed by atoms with Gasteiger partial charge in [0.2, 0.25) is 0 Å². The molecule has 1 rings (SSSR count). The smallest absolute Gasteiger partial charge is 0.320 e. The highest BCUT2D eigenvalue weighted by atomic mass is 16.5. The van der Waals surface area contributed by atoms with Crippen LogP contribution in [0.25, 0.3) is 10.4 Å². The first-order valence-corrected chi connectivity index (χ1v) is 5.30. The number of hydrogen-bond acceptors (Lipinski definition) is 4. The van der Waals surface area contributed by atoms with Gasteiger partial charge in [-0.3, -0.25) is 4.79 Å². The van der Waals surface area contributed by atoms with Gasteiger partial charge >= 0.3 is 5.97 Å². The number of azide groups is 1. The molecule has 7 heteroatoms. The highest BCUT2D eigenvalue weighted by Crippen LogP contribution is 2.18. The van der Waals surface area contributed by atoms with Crippen LogP contribution in [0.1, 0.15) is 12.8 Å². The van der Waals surface area contributed by atoms with Crippen molar-refractivity contribution >= 4 is 5.97 Å². The van der Waals surface area contributed by atoms with Crippen molar-refractivity contribution in [3.63, 3.8) is 0 Å². The molecule has 1 aliphatic rings. The summed E-state index contributed by atoms with van der Waals surface area (Å²) in [4.78, 5) is 13.7. The average molecular weight is 228 g/mol. The van der Waals surface area contributed by atoms with E-state index in [9.17, 15) is 4.79 Å². The Kier molecular flexibility index (Phi) is 5.63. The van der Waals surface area contributed by atoms with Crippen LogP contribution < -0.4 is 5.32 Å². The maximum atomic E-state index is 11.1. The molecule has 7 nitrogen and oxygen atoms in total. The second-order valence-corrected chi connectivity index (χ2v) is 3.67. The molecule has 0 aromatic carbocycles. The monoisotopic (exact) mass is 228 g/mol. The van der Waals surface area contributed by atoms with Crippen molar-refractivity contribution in [2.75, 3.05) is 26.3 Å². The third kappa shape index (κ3) is 4.06. The minimum atomic E-state index is -0.854. The molecule has 0 amide bonds. The molecule has 1 saturated heterocycles. The molecule has 0 bridgehead atoms. The lowest BCUT2D eigenvalue weighted by atomic mass is 9.92. The van der Waals surface area contributed by atoms with Gasteiger partial charge in [0.15, 0.2) is 0 Å². The lowest BCUT2D eigenvalue weighted by molar-refractivity contribution is -0.142. The number of rotatable bonds is 6. The summed E-state index contributed by atoms with van der Waals surface area (Å²) in [6, 6.07) is -0.571. The third-order valence-corrected chi connectivity index (χ3v) is 2.64. The molecule has 0 aromatic rings. The number of carbonyl (C=O) groups is 1. The number of carboxylic acid groups (broad SMARTS) is 1. The molecule has 1 fully saturated rings. The largest absolute Gasteiger partial charge is 0.480 e. The summed E-state index contributed by atoms with van der Waals surface area (Å²) < 4.78 is 5.19. The van der Waals surface area contributed by atoms with E-state index in [1.807, 2.05) is 0 Å². The average Bonchev–Trinajstić information content (AvgIpc) is 2.30. The number of carboxylic acids is 1. The van der Waals surface area contributed by atoms with Crippen molar-refractivity contribution in [3.8, 4) is 0 Å². The third-order valence-electron chi connectivity index (χ3n) is 2.64. The molecular formula is C9H16N4O3. The SMILES string of the molecule is [N-]=[N+]=NCCNC(C(=O)O)C1CCOCC1. The van der Waals surface area contributed by atoms with Gasteiger partial charge in [0.25, 0.3) is 0 Å². The first-order valence-electron chi connectivity index (χ1n) is 5.30. The Balaban J connectivity index is 2.39. The Morgan fingerprint density at radius 3 is 2.88 bits per heavy atom. The number of hydrogen-bond donors (Lipinski definition) is 2. The van der Waals surface area contributed by atoms with Crippen LogP contribution in [0.2, 0.25) is 0 Å². The fraction of sp³-hybridized carbons (Fsp3) is 0.889. The van der Waals surface area contributed by atoms with E-state index in [1.165, 1.54) is 0 Å². The van der Waals surface area contributed by atoms with E-state index in [-0.39, 0.29) is 12.5 Å². The van der Waals surface area contributed by atoms with Crippen LogP contribution in [0.15, 0.2) is 5.11 Å². The molecule has 0 saturated carbocycles. The molecule has 90 valence electrons. The topological polar surface area (TPSA) is 107 Å². The molecule has 0 aromatic heterocycles. The molecule has 1 unspecified atom stereocenters. The van der Waals surface area contributed by atoms with Crippen molar-refractivity contribution in [2.24, 2.45) is 11.0 Å². The van der Waals surface area contributed by atoms with Crippen LogP contribution in [0.3, 0.4) is 0 Å². The Morgan fingerprint density at radius 1 is 1.62 bits per heavy atom. The Hall–Kier alpha value is -1.30. The maximum Gasteiger partial charge on any atom is 0.320 e. The summed E-state index contributed by atoms with van der Waals surface area (Å²) in [6.45, 7) is 1.89. The van der Waals surface area contributed by atoms with E-state index >= 15 is 0 Å². The van der Waals surface area contributed by atoms with E-state index in [0.717, 1.165) is 12.8 Å². The zero-order chi connectivity index (χ0) is 11.8. The first kappa shape index (κ1) is 12.8. The van der Waals surface area contributed by atoms with E-state index in [0.29, 0.717) is 19.8 Å². The summed E-state index contributed by atoms with van der Waals surface area (Å²) in [5.74, 6) is -0.759. The molecule has 1 aliphatic heterocycles. The van der Waals surface area contributed by atoms with Gasteiger partial charge < -0.3 is 15.2 Å². The molecule has 1 heterocycles. The number of nitrogens with one attached hydrogen (secondary N) is 1. The Bertz CT molecular complexity index is 272. The lowest BCUT2D eigenvalue weighted by Crippen LogP contribution is -2.45. The predicted molar refractivity (Wildman–Crippen MR) is 57.0 cm³/mol. The van der Waals surface area contributed by atoms with Gasteiger partial charge in [-0.25, -0.2) is 0 Å². The number of ether oxygens (including phenoxy) is 1. The van der Waals surface area contributed by atoms with Crippen LogP contribution >= 0.6 is 0 Å². The number of aliphatic carboxylic acids is 1. The van der Waals surface area contributed by atoms with Crippen LogP contribution in [0.5, 0.6) is 0 Å². The van der Waals surface area contributed by atoms with E-state index in [2.05, 4.69) is 15.3 Å². The van der Waals surface area contributed by atoms with Gasteiger partial charge in [0, 0.05) is 31.2 Å². The fourth-order valence-electron chi connectivity index (χ4n) is 1.82. The van der Waals surface area contributed by atoms with Crippen molar-refractivity contribution in [3.05, 3.63) is 10.4 Å². The highest BCUT2D eigenvalue weighted by molar-refractivity contribution is 5.73. The predicted octanol–water partition coefficient (Wildman–Crippen LogP) is 0.766. The van der Waals surface area contributed by atoms with E-state index in [1.54, 1.807) is 0 Å². The van der Waals surface area contributed by atoms with Gasteiger partial charge in [-0.15, -0.1) is 0 Å². The van der Waals surface area contributed by atoms with Crippen molar-refractivity contribution in [1.82, 2.24) is 5.32 Å². The molecule has 2 N–H and O–H groups in total. The molecule has 1 atom stereocenters. The maximum absolute atomic E-state index is 11.1. The molecule has 16 heavy (non-hydrogen) atoms. The van der Waals surface area contributed by atoms with Crippen LogP contribution in [0.4, 0.5) is 0 Å². The summed E-state index contributed by atoms with van der Waals surface area (Å²) in [7, 11) is 0. The van der Waals surface area contributed by atoms with E-state index < -0.39 is 12.0 Å². The number of nitrogens with zero attached hydrogens (tertiary/aromatic N) is 3. The Labute approximate surface area is 93.4 Å². The molecule has 0 spiro atoms. The van der Waals surface area contributed by atoms with Crippen molar-refractivity contribution < 1.29 is 14.6 Å². The minimum Gasteiger partial charge on any atom is -0.480 e. The Morgan fingerprint density at radius 2 is 2.31 bits per heavy atom. The van der Waals surface area contributed by atoms with Gasteiger partial charge in [0.05, 0.1) is 0 Å². The normalized spacial score (nSPS) is 18.8. The van der Waals surface area contributed by atoms with E-state index in [4.69, 9.17) is 15.4 Å².